The monoisotopic (exact) mass is 110 g/mol. The van der Waals surface area contributed by atoms with E-state index in [1.165, 1.54) is 12.4 Å². The fourth-order valence-corrected chi connectivity index (χ4v) is 0.375. The molecule has 0 saturated carbocycles. The molecule has 0 spiro atoms. The number of aromatic nitrogens is 2. The molecule has 0 aliphatic carbocycles. The van der Waals surface area contributed by atoms with Crippen molar-refractivity contribution in [3.8, 4) is 0 Å². The summed E-state index contributed by atoms with van der Waals surface area (Å²) in [5, 5.41) is 5.90. The van der Waals surface area contributed by atoms with Crippen molar-refractivity contribution >= 4 is 5.91 Å². The number of nitrogens with zero attached hydrogens (tertiary/aromatic N) is 1. The minimum absolute atomic E-state index is 0.296. The number of aromatic amines is 1. The van der Waals surface area contributed by atoms with Crippen molar-refractivity contribution in [3.05, 3.63) is 18.0 Å². The first-order valence-electron chi connectivity index (χ1n) is 2.05. The molecule has 1 amide bonds. The zero-order valence-electron chi connectivity index (χ0n) is 4.01. The van der Waals surface area contributed by atoms with Crippen LogP contribution in [0.15, 0.2) is 12.4 Å². The Bertz CT molecular complexity index is 179. The molecule has 41 valence electrons. The van der Waals surface area contributed by atoms with Crippen LogP contribution < -0.4 is 5.73 Å². The van der Waals surface area contributed by atoms with Gasteiger partial charge in [0.05, 0.1) is 11.8 Å². The van der Waals surface area contributed by atoms with Crippen LogP contribution in [0, 0.1) is 0 Å². The molecule has 4 heteroatoms. The molecule has 1 aromatic rings. The van der Waals surface area contributed by atoms with Crippen LogP contribution in [-0.2, 0) is 0 Å². The molecule has 2 N–H and O–H groups in total. The molecule has 1 heterocycles. The van der Waals surface area contributed by atoms with E-state index in [9.17, 15) is 4.79 Å². The normalized spacial score (nSPS) is 9.00. The van der Waals surface area contributed by atoms with E-state index in [2.05, 4.69) is 10.2 Å². The van der Waals surface area contributed by atoms with Crippen LogP contribution in [0.25, 0.3) is 0 Å². The van der Waals surface area contributed by atoms with Crippen LogP contribution in [0.2, 0.25) is 0 Å². The molecular weight excluding hydrogens is 106 g/mol. The lowest BCUT2D eigenvalue weighted by atomic mass is 10.4. The van der Waals surface area contributed by atoms with Gasteiger partial charge in [0.2, 0.25) is 0 Å². The standard InChI is InChI=1S/C4H4N3O/c5-4(8)3-1-6-7-2-3/h1-2,5H,(H,6,7). The molecule has 1 aromatic heterocycles. The first-order valence-corrected chi connectivity index (χ1v) is 2.05. The molecule has 0 fully saturated rings. The van der Waals surface area contributed by atoms with Gasteiger partial charge < -0.3 is 0 Å². The second-order valence-corrected chi connectivity index (χ2v) is 1.32. The fraction of sp³-hybridized carbons (Fsp3) is 0. The first kappa shape index (κ1) is 4.83. The third kappa shape index (κ3) is 0.676. The average molecular weight is 110 g/mol. The maximum Gasteiger partial charge on any atom is 0.272 e. The summed E-state index contributed by atoms with van der Waals surface area (Å²) in [5.41, 5.74) is 6.83. The summed E-state index contributed by atoms with van der Waals surface area (Å²) in [5.74, 6) is -0.709. The Labute approximate surface area is 45.7 Å². The Kier molecular flexibility index (Phi) is 0.997. The highest BCUT2D eigenvalue weighted by Gasteiger charge is 1.98. The third-order valence-corrected chi connectivity index (χ3v) is 0.760. The number of carbonyl (C=O) groups excluding carboxylic acids is 1. The predicted octanol–water partition coefficient (Wildman–Crippen LogP) is -0.167. The number of H-pyrrole nitrogens is 1. The first-order chi connectivity index (χ1) is 3.80. The van der Waals surface area contributed by atoms with Gasteiger partial charge in [0.1, 0.15) is 0 Å². The van der Waals surface area contributed by atoms with Crippen LogP contribution in [0.1, 0.15) is 10.4 Å². The van der Waals surface area contributed by atoms with E-state index in [1.54, 1.807) is 0 Å². The Balaban J connectivity index is 2.93. The molecule has 0 atom stereocenters. The zero-order chi connectivity index (χ0) is 5.98. The predicted molar refractivity (Wildman–Crippen MR) is 26.0 cm³/mol. The summed E-state index contributed by atoms with van der Waals surface area (Å²) in [7, 11) is 0. The minimum atomic E-state index is -0.709. The Morgan fingerprint density at radius 1 is 1.88 bits per heavy atom. The van der Waals surface area contributed by atoms with Crippen molar-refractivity contribution in [1.82, 2.24) is 15.9 Å². The van der Waals surface area contributed by atoms with Crippen molar-refractivity contribution in [2.45, 2.75) is 0 Å². The number of hydrogen-bond acceptors (Lipinski definition) is 2. The molecule has 0 unspecified atom stereocenters. The molecule has 4 nitrogen and oxygen atoms in total. The topological polar surface area (TPSA) is 69.6 Å². The summed E-state index contributed by atoms with van der Waals surface area (Å²) >= 11 is 0. The summed E-state index contributed by atoms with van der Waals surface area (Å²) < 4.78 is 0. The lowest BCUT2D eigenvalue weighted by Crippen LogP contribution is -1.94. The van der Waals surface area contributed by atoms with E-state index in [1.807, 2.05) is 0 Å². The van der Waals surface area contributed by atoms with Crippen molar-refractivity contribution in [1.29, 1.82) is 0 Å². The van der Waals surface area contributed by atoms with E-state index in [-0.39, 0.29) is 0 Å². The SMILES string of the molecule is [NH]C(=O)c1cn[nH]c1. The van der Waals surface area contributed by atoms with Gasteiger partial charge in [-0.3, -0.25) is 15.6 Å². The van der Waals surface area contributed by atoms with Crippen LogP contribution in [0.3, 0.4) is 0 Å². The van der Waals surface area contributed by atoms with Gasteiger partial charge in [0.25, 0.3) is 5.91 Å². The minimum Gasteiger partial charge on any atom is -0.285 e. The van der Waals surface area contributed by atoms with Crippen molar-refractivity contribution in [3.63, 3.8) is 0 Å². The van der Waals surface area contributed by atoms with Gasteiger partial charge in [0, 0.05) is 6.20 Å². The van der Waals surface area contributed by atoms with Crippen molar-refractivity contribution < 1.29 is 4.79 Å². The maximum absolute atomic E-state index is 10.1. The second kappa shape index (κ2) is 1.65. The average Bonchev–Trinajstić information content (AvgIpc) is 2.12. The highest BCUT2D eigenvalue weighted by Crippen LogP contribution is 1.89. The van der Waals surface area contributed by atoms with Gasteiger partial charge in [-0.15, -0.1) is 0 Å². The Morgan fingerprint density at radius 3 is 2.88 bits per heavy atom. The third-order valence-electron chi connectivity index (χ3n) is 0.760. The highest BCUT2D eigenvalue weighted by molar-refractivity contribution is 5.91. The molecule has 0 aliphatic rings. The largest absolute Gasteiger partial charge is 0.285 e. The number of rotatable bonds is 1. The van der Waals surface area contributed by atoms with E-state index >= 15 is 0 Å². The second-order valence-electron chi connectivity index (χ2n) is 1.32. The van der Waals surface area contributed by atoms with Crippen LogP contribution >= 0.6 is 0 Å². The van der Waals surface area contributed by atoms with Crippen molar-refractivity contribution in [2.24, 2.45) is 0 Å². The molecule has 0 bridgehead atoms. The van der Waals surface area contributed by atoms with Crippen LogP contribution in [0.5, 0.6) is 0 Å². The fourth-order valence-electron chi connectivity index (χ4n) is 0.375. The molecular formula is C4H4N3O. The molecule has 8 heavy (non-hydrogen) atoms. The summed E-state index contributed by atoms with van der Waals surface area (Å²) in [6, 6.07) is 0. The van der Waals surface area contributed by atoms with Crippen molar-refractivity contribution in [2.75, 3.05) is 0 Å². The highest BCUT2D eigenvalue weighted by atomic mass is 16.1. The zero-order valence-corrected chi connectivity index (χ0v) is 4.01. The van der Waals surface area contributed by atoms with Gasteiger partial charge in [-0.2, -0.15) is 5.10 Å². The lowest BCUT2D eigenvalue weighted by molar-refractivity contribution is 0.0992. The molecule has 0 aromatic carbocycles. The van der Waals surface area contributed by atoms with Gasteiger partial charge in [0.15, 0.2) is 0 Å². The van der Waals surface area contributed by atoms with Crippen LogP contribution in [0.4, 0.5) is 0 Å². The van der Waals surface area contributed by atoms with Gasteiger partial charge >= 0.3 is 0 Å². The Hall–Kier alpha value is -1.32. The quantitative estimate of drug-likeness (QED) is 0.545. The smallest absolute Gasteiger partial charge is 0.272 e. The van der Waals surface area contributed by atoms with Crippen LogP contribution in [-0.4, -0.2) is 16.1 Å². The number of amides is 1. The number of nitrogens with one attached hydrogen (secondary N) is 2. The number of carbonyl (C=O) groups is 1. The van der Waals surface area contributed by atoms with E-state index in [0.717, 1.165) is 0 Å². The molecule has 0 aliphatic heterocycles. The van der Waals surface area contributed by atoms with E-state index < -0.39 is 5.91 Å². The molecule has 1 radical (unpaired) electrons. The molecule has 0 saturated heterocycles. The molecule has 1 rings (SSSR count). The maximum atomic E-state index is 10.1. The summed E-state index contributed by atoms with van der Waals surface area (Å²) in [4.78, 5) is 10.1. The summed E-state index contributed by atoms with van der Waals surface area (Å²) in [6.45, 7) is 0. The van der Waals surface area contributed by atoms with E-state index in [0.29, 0.717) is 5.56 Å². The Morgan fingerprint density at radius 2 is 2.62 bits per heavy atom. The summed E-state index contributed by atoms with van der Waals surface area (Å²) in [6.07, 6.45) is 2.70. The van der Waals surface area contributed by atoms with Gasteiger partial charge in [-0.25, -0.2) is 0 Å². The van der Waals surface area contributed by atoms with E-state index in [4.69, 9.17) is 5.73 Å². The lowest BCUT2D eigenvalue weighted by Gasteiger charge is -1.76. The van der Waals surface area contributed by atoms with Gasteiger partial charge in [-0.1, -0.05) is 0 Å². The van der Waals surface area contributed by atoms with Gasteiger partial charge in [-0.05, 0) is 0 Å². The number of hydrogen-bond donors (Lipinski definition) is 1.